The van der Waals surface area contributed by atoms with Gasteiger partial charge in [-0.1, -0.05) is 11.2 Å². The summed E-state index contributed by atoms with van der Waals surface area (Å²) in [6, 6.07) is 3.97. The van der Waals surface area contributed by atoms with Crippen LogP contribution in [0.4, 0.5) is 8.78 Å². The van der Waals surface area contributed by atoms with E-state index in [4.69, 9.17) is 4.52 Å². The van der Waals surface area contributed by atoms with E-state index in [1.165, 1.54) is 6.07 Å². The molecule has 0 bridgehead atoms. The molecule has 0 fully saturated rings. The van der Waals surface area contributed by atoms with Gasteiger partial charge in [-0.25, -0.2) is 8.78 Å². The van der Waals surface area contributed by atoms with Gasteiger partial charge in [-0.15, -0.1) is 12.4 Å². The first-order valence-electron chi connectivity index (χ1n) is 6.01. The number of nitrogens with one attached hydrogen (secondary N) is 1. The zero-order chi connectivity index (χ0) is 13.8. The molecule has 0 aliphatic rings. The minimum absolute atomic E-state index is 0. The Morgan fingerprint density at radius 3 is 2.70 bits per heavy atom. The van der Waals surface area contributed by atoms with Crippen molar-refractivity contribution < 1.29 is 13.3 Å². The lowest BCUT2D eigenvalue weighted by atomic mass is 10.1. The van der Waals surface area contributed by atoms with Crippen molar-refractivity contribution in [2.75, 3.05) is 7.05 Å². The molecule has 0 aliphatic carbocycles. The zero-order valence-electron chi connectivity index (χ0n) is 11.2. The molecular formula is C13H16ClF2N3O. The first-order valence-corrected chi connectivity index (χ1v) is 6.01. The number of rotatable bonds is 5. The summed E-state index contributed by atoms with van der Waals surface area (Å²) < 4.78 is 30.9. The summed E-state index contributed by atoms with van der Waals surface area (Å²) in [6.45, 7) is 2.01. The Balaban J connectivity index is 0.00000200. The van der Waals surface area contributed by atoms with Crippen LogP contribution in [0.1, 0.15) is 24.2 Å². The molecule has 0 aliphatic heterocycles. The predicted molar refractivity (Wildman–Crippen MR) is 72.9 cm³/mol. The molecule has 4 nitrogen and oxygen atoms in total. The topological polar surface area (TPSA) is 51.0 Å². The zero-order valence-corrected chi connectivity index (χ0v) is 12.0. The molecule has 1 aromatic heterocycles. The monoisotopic (exact) mass is 303 g/mol. The van der Waals surface area contributed by atoms with Crippen molar-refractivity contribution in [2.24, 2.45) is 0 Å². The largest absolute Gasteiger partial charge is 0.339 e. The van der Waals surface area contributed by atoms with Crippen molar-refractivity contribution in [3.05, 3.63) is 47.1 Å². The molecule has 2 aromatic rings. The highest BCUT2D eigenvalue weighted by molar-refractivity contribution is 5.85. The fourth-order valence-electron chi connectivity index (χ4n) is 1.64. The first kappa shape index (κ1) is 16.5. The molecule has 1 N–H and O–H groups in total. The number of benzene rings is 1. The third-order valence-corrected chi connectivity index (χ3v) is 2.83. The predicted octanol–water partition coefficient (Wildman–Crippen LogP) is 2.51. The van der Waals surface area contributed by atoms with Crippen molar-refractivity contribution in [3.8, 4) is 0 Å². The van der Waals surface area contributed by atoms with E-state index in [1.54, 1.807) is 0 Å². The highest BCUT2D eigenvalue weighted by Gasteiger charge is 2.11. The van der Waals surface area contributed by atoms with Crippen LogP contribution in [0.3, 0.4) is 0 Å². The highest BCUT2D eigenvalue weighted by Crippen LogP contribution is 2.12. The van der Waals surface area contributed by atoms with Crippen LogP contribution in [-0.4, -0.2) is 23.2 Å². The Labute approximate surface area is 122 Å². The molecule has 110 valence electrons. The van der Waals surface area contributed by atoms with Gasteiger partial charge in [-0.3, -0.25) is 0 Å². The van der Waals surface area contributed by atoms with Gasteiger partial charge in [-0.05, 0) is 31.7 Å². The van der Waals surface area contributed by atoms with Crippen LogP contribution in [0, 0.1) is 11.6 Å². The Hall–Kier alpha value is -1.53. The summed E-state index contributed by atoms with van der Waals surface area (Å²) >= 11 is 0. The Morgan fingerprint density at radius 2 is 2.05 bits per heavy atom. The summed E-state index contributed by atoms with van der Waals surface area (Å²) in [5, 5.41) is 6.92. The second kappa shape index (κ2) is 7.31. The van der Waals surface area contributed by atoms with Crippen LogP contribution >= 0.6 is 12.4 Å². The number of likely N-dealkylation sites (N-methyl/N-ethyl adjacent to an activating group) is 1. The minimum Gasteiger partial charge on any atom is -0.339 e. The average Bonchev–Trinajstić information content (AvgIpc) is 2.81. The normalized spacial score (nSPS) is 12.0. The summed E-state index contributed by atoms with van der Waals surface area (Å²) in [6.07, 6.45) is 0.940. The smallest absolute Gasteiger partial charge is 0.231 e. The molecule has 0 saturated carbocycles. The maximum absolute atomic E-state index is 13.1. The molecule has 7 heteroatoms. The second-order valence-electron chi connectivity index (χ2n) is 4.42. The van der Waals surface area contributed by atoms with Crippen molar-refractivity contribution in [2.45, 2.75) is 25.8 Å². The van der Waals surface area contributed by atoms with E-state index in [0.717, 1.165) is 12.1 Å². The van der Waals surface area contributed by atoms with E-state index in [1.807, 2.05) is 14.0 Å². The van der Waals surface area contributed by atoms with E-state index in [2.05, 4.69) is 15.5 Å². The van der Waals surface area contributed by atoms with Crippen LogP contribution in [-0.2, 0) is 12.8 Å². The summed E-state index contributed by atoms with van der Waals surface area (Å²) in [5.41, 5.74) is 0.593. The minimum atomic E-state index is -0.874. The average molecular weight is 304 g/mol. The Bertz CT molecular complexity index is 562. The van der Waals surface area contributed by atoms with Crippen LogP contribution in [0.5, 0.6) is 0 Å². The molecule has 0 radical (unpaired) electrons. The van der Waals surface area contributed by atoms with E-state index >= 15 is 0 Å². The molecule has 0 saturated heterocycles. The SMILES string of the molecule is CNC(C)Cc1noc(Cc2ccc(F)c(F)c2)n1.Cl. The van der Waals surface area contributed by atoms with Gasteiger partial charge in [-0.2, -0.15) is 4.98 Å². The molecule has 0 amide bonds. The number of aromatic nitrogens is 2. The van der Waals surface area contributed by atoms with Gasteiger partial charge in [0.1, 0.15) is 0 Å². The quantitative estimate of drug-likeness (QED) is 0.922. The van der Waals surface area contributed by atoms with E-state index in [0.29, 0.717) is 23.7 Å². The van der Waals surface area contributed by atoms with Gasteiger partial charge in [0, 0.05) is 12.5 Å². The standard InChI is InChI=1S/C13H15F2N3O.ClH/c1-8(16-2)5-12-17-13(19-18-12)7-9-3-4-10(14)11(15)6-9;/h3-4,6,8,16H,5,7H2,1-2H3;1H. The van der Waals surface area contributed by atoms with Crippen LogP contribution in [0.2, 0.25) is 0 Å². The number of hydrogen-bond acceptors (Lipinski definition) is 4. The first-order chi connectivity index (χ1) is 9.08. The number of hydrogen-bond donors (Lipinski definition) is 1. The summed E-state index contributed by atoms with van der Waals surface area (Å²) in [7, 11) is 1.85. The van der Waals surface area contributed by atoms with Gasteiger partial charge in [0.2, 0.25) is 5.89 Å². The van der Waals surface area contributed by atoms with Crippen LogP contribution in [0.25, 0.3) is 0 Å². The molecular weight excluding hydrogens is 288 g/mol. The third kappa shape index (κ3) is 4.25. The van der Waals surface area contributed by atoms with Gasteiger partial charge >= 0.3 is 0 Å². The highest BCUT2D eigenvalue weighted by atomic mass is 35.5. The van der Waals surface area contributed by atoms with Crippen LogP contribution in [0.15, 0.2) is 22.7 Å². The maximum atomic E-state index is 13.1. The number of halogens is 3. The molecule has 1 aromatic carbocycles. The molecule has 1 heterocycles. The molecule has 0 spiro atoms. The van der Waals surface area contributed by atoms with Crippen molar-refractivity contribution in [1.29, 1.82) is 0 Å². The van der Waals surface area contributed by atoms with Gasteiger partial charge < -0.3 is 9.84 Å². The maximum Gasteiger partial charge on any atom is 0.231 e. The van der Waals surface area contributed by atoms with Gasteiger partial charge in [0.05, 0.1) is 6.42 Å². The lowest BCUT2D eigenvalue weighted by molar-refractivity contribution is 0.377. The molecule has 1 unspecified atom stereocenters. The summed E-state index contributed by atoms with van der Waals surface area (Å²) in [5.74, 6) is -0.748. The van der Waals surface area contributed by atoms with Crippen LogP contribution < -0.4 is 5.32 Å². The van der Waals surface area contributed by atoms with E-state index < -0.39 is 11.6 Å². The molecule has 20 heavy (non-hydrogen) atoms. The summed E-state index contributed by atoms with van der Waals surface area (Å²) in [4.78, 5) is 4.21. The van der Waals surface area contributed by atoms with Crippen molar-refractivity contribution in [1.82, 2.24) is 15.5 Å². The Morgan fingerprint density at radius 1 is 1.30 bits per heavy atom. The second-order valence-corrected chi connectivity index (χ2v) is 4.42. The molecule has 1 atom stereocenters. The lowest BCUT2D eigenvalue weighted by Gasteiger charge is -2.04. The fraction of sp³-hybridized carbons (Fsp3) is 0.385. The Kier molecular flexibility index (Phi) is 6.04. The number of nitrogens with zero attached hydrogens (tertiary/aromatic N) is 2. The van der Waals surface area contributed by atoms with Gasteiger partial charge in [0.25, 0.3) is 0 Å². The van der Waals surface area contributed by atoms with Crippen molar-refractivity contribution >= 4 is 12.4 Å². The third-order valence-electron chi connectivity index (χ3n) is 2.83. The lowest BCUT2D eigenvalue weighted by Crippen LogP contribution is -2.24. The van der Waals surface area contributed by atoms with Gasteiger partial charge in [0.15, 0.2) is 17.5 Å². The van der Waals surface area contributed by atoms with E-state index in [-0.39, 0.29) is 24.9 Å². The van der Waals surface area contributed by atoms with Crippen molar-refractivity contribution in [3.63, 3.8) is 0 Å². The fourth-order valence-corrected chi connectivity index (χ4v) is 1.64. The van der Waals surface area contributed by atoms with E-state index in [9.17, 15) is 8.78 Å². The molecule has 2 rings (SSSR count).